The molecule has 0 radical (unpaired) electrons. The Balaban J connectivity index is 1.85. The standard InChI is InChI=1S/C14H16N4O3S/c1-11(19)12-3-2-4-14(9-12)22(20,21)17-7-5-13(10-17)18-8-6-15-16-18/h2-4,6,8-9,13H,5,7,10H2,1H3. The van der Waals surface area contributed by atoms with Gasteiger partial charge in [-0.1, -0.05) is 17.3 Å². The fourth-order valence-electron chi connectivity index (χ4n) is 2.58. The van der Waals surface area contributed by atoms with Gasteiger partial charge in [-0.3, -0.25) is 4.79 Å². The largest absolute Gasteiger partial charge is 0.295 e. The highest BCUT2D eigenvalue weighted by Gasteiger charge is 2.33. The van der Waals surface area contributed by atoms with Crippen LogP contribution in [0.5, 0.6) is 0 Å². The predicted molar refractivity (Wildman–Crippen MR) is 78.9 cm³/mol. The molecule has 1 aromatic carbocycles. The third-order valence-electron chi connectivity index (χ3n) is 3.82. The van der Waals surface area contributed by atoms with Gasteiger partial charge in [-0.2, -0.15) is 4.31 Å². The van der Waals surface area contributed by atoms with Gasteiger partial charge in [0.05, 0.1) is 17.1 Å². The highest BCUT2D eigenvalue weighted by Crippen LogP contribution is 2.27. The Labute approximate surface area is 128 Å². The quantitative estimate of drug-likeness (QED) is 0.788. The molecular weight excluding hydrogens is 304 g/mol. The fourth-order valence-corrected chi connectivity index (χ4v) is 4.12. The predicted octanol–water partition coefficient (Wildman–Crippen LogP) is 1.12. The monoisotopic (exact) mass is 320 g/mol. The Bertz CT molecular complexity index is 786. The van der Waals surface area contributed by atoms with E-state index in [0.717, 1.165) is 0 Å². The van der Waals surface area contributed by atoms with E-state index >= 15 is 0 Å². The maximum atomic E-state index is 12.7. The van der Waals surface area contributed by atoms with E-state index in [4.69, 9.17) is 0 Å². The molecule has 116 valence electrons. The lowest BCUT2D eigenvalue weighted by Crippen LogP contribution is -2.29. The van der Waals surface area contributed by atoms with Gasteiger partial charge >= 0.3 is 0 Å². The van der Waals surface area contributed by atoms with Crippen molar-refractivity contribution in [1.29, 1.82) is 0 Å². The minimum Gasteiger partial charge on any atom is -0.295 e. The van der Waals surface area contributed by atoms with E-state index in [9.17, 15) is 13.2 Å². The van der Waals surface area contributed by atoms with E-state index in [2.05, 4.69) is 10.3 Å². The summed E-state index contributed by atoms with van der Waals surface area (Å²) >= 11 is 0. The van der Waals surface area contributed by atoms with Gasteiger partial charge in [0.1, 0.15) is 0 Å². The first-order valence-electron chi connectivity index (χ1n) is 6.95. The summed E-state index contributed by atoms with van der Waals surface area (Å²) in [4.78, 5) is 11.6. The summed E-state index contributed by atoms with van der Waals surface area (Å²) in [6.07, 6.45) is 4.00. The first-order valence-corrected chi connectivity index (χ1v) is 8.39. The molecule has 1 saturated heterocycles. The van der Waals surface area contributed by atoms with Gasteiger partial charge in [0.2, 0.25) is 10.0 Å². The van der Waals surface area contributed by atoms with Crippen LogP contribution in [-0.2, 0) is 10.0 Å². The molecule has 8 heteroatoms. The molecule has 1 aromatic heterocycles. The summed E-state index contributed by atoms with van der Waals surface area (Å²) in [5, 5.41) is 7.68. The smallest absolute Gasteiger partial charge is 0.243 e. The van der Waals surface area contributed by atoms with Crippen molar-refractivity contribution in [2.75, 3.05) is 13.1 Å². The summed E-state index contributed by atoms with van der Waals surface area (Å²) in [5.41, 5.74) is 0.396. The van der Waals surface area contributed by atoms with Crippen molar-refractivity contribution in [3.8, 4) is 0 Å². The molecule has 0 N–H and O–H groups in total. The zero-order valence-electron chi connectivity index (χ0n) is 12.1. The lowest BCUT2D eigenvalue weighted by atomic mass is 10.2. The molecule has 1 atom stereocenters. The van der Waals surface area contributed by atoms with Gasteiger partial charge in [-0.05, 0) is 25.5 Å². The number of nitrogens with zero attached hydrogens (tertiary/aromatic N) is 4. The molecule has 1 aliphatic rings. The van der Waals surface area contributed by atoms with E-state index in [-0.39, 0.29) is 16.7 Å². The van der Waals surface area contributed by atoms with Crippen LogP contribution in [0.2, 0.25) is 0 Å². The molecule has 0 spiro atoms. The van der Waals surface area contributed by atoms with Crippen LogP contribution < -0.4 is 0 Å². The number of benzene rings is 1. The maximum Gasteiger partial charge on any atom is 0.243 e. The van der Waals surface area contributed by atoms with Crippen molar-refractivity contribution in [1.82, 2.24) is 19.3 Å². The number of aromatic nitrogens is 3. The topological polar surface area (TPSA) is 85.2 Å². The molecule has 22 heavy (non-hydrogen) atoms. The molecule has 0 saturated carbocycles. The van der Waals surface area contributed by atoms with Crippen LogP contribution in [0, 0.1) is 0 Å². The molecule has 0 aliphatic carbocycles. The Morgan fingerprint density at radius 2 is 2.18 bits per heavy atom. The van der Waals surface area contributed by atoms with Gasteiger partial charge < -0.3 is 0 Å². The lowest BCUT2D eigenvalue weighted by molar-refractivity contribution is 0.101. The number of rotatable bonds is 4. The van der Waals surface area contributed by atoms with E-state index in [1.54, 1.807) is 29.2 Å². The first-order chi connectivity index (χ1) is 10.5. The van der Waals surface area contributed by atoms with E-state index in [1.165, 1.54) is 23.4 Å². The molecule has 0 amide bonds. The van der Waals surface area contributed by atoms with Crippen LogP contribution in [0.15, 0.2) is 41.6 Å². The molecular formula is C14H16N4O3S. The normalized spacial score (nSPS) is 19.4. The van der Waals surface area contributed by atoms with E-state index < -0.39 is 10.0 Å². The Morgan fingerprint density at radius 1 is 1.36 bits per heavy atom. The minimum atomic E-state index is -3.60. The average molecular weight is 320 g/mol. The van der Waals surface area contributed by atoms with Gasteiger partial charge in [0, 0.05) is 24.8 Å². The molecule has 7 nitrogen and oxygen atoms in total. The average Bonchev–Trinajstić information content (AvgIpc) is 3.18. The SMILES string of the molecule is CC(=O)c1cccc(S(=O)(=O)N2CCC(n3ccnn3)C2)c1. The highest BCUT2D eigenvalue weighted by molar-refractivity contribution is 7.89. The van der Waals surface area contributed by atoms with Gasteiger partial charge in [0.25, 0.3) is 0 Å². The summed E-state index contributed by atoms with van der Waals surface area (Å²) in [6, 6.07) is 6.15. The lowest BCUT2D eigenvalue weighted by Gasteiger charge is -2.17. The summed E-state index contributed by atoms with van der Waals surface area (Å²) in [6.45, 7) is 2.20. The van der Waals surface area contributed by atoms with Crippen LogP contribution in [0.3, 0.4) is 0 Å². The fraction of sp³-hybridized carbons (Fsp3) is 0.357. The third kappa shape index (κ3) is 2.67. The second kappa shape index (κ2) is 5.62. The van der Waals surface area contributed by atoms with Crippen molar-refractivity contribution in [2.24, 2.45) is 0 Å². The minimum absolute atomic E-state index is 0.00624. The van der Waals surface area contributed by atoms with Crippen LogP contribution in [-0.4, -0.2) is 46.6 Å². The van der Waals surface area contributed by atoms with Crippen molar-refractivity contribution < 1.29 is 13.2 Å². The van der Waals surface area contributed by atoms with Crippen molar-refractivity contribution in [2.45, 2.75) is 24.3 Å². The zero-order chi connectivity index (χ0) is 15.7. The second-order valence-electron chi connectivity index (χ2n) is 5.27. The third-order valence-corrected chi connectivity index (χ3v) is 5.68. The van der Waals surface area contributed by atoms with E-state index in [0.29, 0.717) is 25.1 Å². The number of hydrogen-bond donors (Lipinski definition) is 0. The summed E-state index contributed by atoms with van der Waals surface area (Å²) in [7, 11) is -3.60. The van der Waals surface area contributed by atoms with Crippen LogP contribution in [0.1, 0.15) is 29.7 Å². The summed E-state index contributed by atoms with van der Waals surface area (Å²) in [5.74, 6) is -0.154. The number of carbonyl (C=O) groups excluding carboxylic acids is 1. The number of ketones is 1. The van der Waals surface area contributed by atoms with E-state index in [1.807, 2.05) is 0 Å². The number of sulfonamides is 1. The molecule has 2 heterocycles. The Morgan fingerprint density at radius 3 is 2.86 bits per heavy atom. The molecule has 3 rings (SSSR count). The number of Topliss-reactive ketones (excluding diaryl/α,β-unsaturated/α-hetero) is 1. The van der Waals surface area contributed by atoms with Crippen LogP contribution in [0.4, 0.5) is 0 Å². The molecule has 1 unspecified atom stereocenters. The molecule has 2 aromatic rings. The Kier molecular flexibility index (Phi) is 3.79. The van der Waals surface area contributed by atoms with Crippen molar-refractivity contribution in [3.63, 3.8) is 0 Å². The molecule has 1 fully saturated rings. The summed E-state index contributed by atoms with van der Waals surface area (Å²) < 4.78 is 28.5. The number of hydrogen-bond acceptors (Lipinski definition) is 5. The number of carbonyl (C=O) groups is 1. The van der Waals surface area contributed by atoms with Gasteiger partial charge in [0.15, 0.2) is 5.78 Å². The maximum absolute atomic E-state index is 12.7. The highest BCUT2D eigenvalue weighted by atomic mass is 32.2. The second-order valence-corrected chi connectivity index (χ2v) is 7.21. The van der Waals surface area contributed by atoms with Crippen LogP contribution >= 0.6 is 0 Å². The molecule has 0 bridgehead atoms. The van der Waals surface area contributed by atoms with Crippen LogP contribution in [0.25, 0.3) is 0 Å². The van der Waals surface area contributed by atoms with Crippen molar-refractivity contribution in [3.05, 3.63) is 42.2 Å². The van der Waals surface area contributed by atoms with Gasteiger partial charge in [-0.15, -0.1) is 5.10 Å². The first kappa shape index (κ1) is 14.9. The van der Waals surface area contributed by atoms with Crippen molar-refractivity contribution >= 4 is 15.8 Å². The molecule has 1 aliphatic heterocycles. The Hall–Kier alpha value is -2.06. The zero-order valence-corrected chi connectivity index (χ0v) is 12.9. The van der Waals surface area contributed by atoms with Gasteiger partial charge in [-0.25, -0.2) is 13.1 Å².